The summed E-state index contributed by atoms with van der Waals surface area (Å²) in [6.45, 7) is 4.97. The zero-order valence-corrected chi connectivity index (χ0v) is 60.7. The summed E-state index contributed by atoms with van der Waals surface area (Å²) in [5.74, 6) is -0.0344. The molecule has 0 radical (unpaired) electrons. The molecule has 2 unspecified atom stereocenters. The Balaban J connectivity index is 3.34. The van der Waals surface area contributed by atoms with Crippen molar-refractivity contribution in [2.24, 2.45) is 0 Å². The smallest absolute Gasteiger partial charge is 0.305 e. The Kier molecular flexibility index (Phi) is 77.3. The van der Waals surface area contributed by atoms with E-state index in [0.29, 0.717) is 19.4 Å². The fourth-order valence-electron chi connectivity index (χ4n) is 13.2. The number of hydrogen-bond acceptors (Lipinski definition) is 5. The van der Waals surface area contributed by atoms with Crippen molar-refractivity contribution in [3.8, 4) is 0 Å². The Morgan fingerprint density at radius 1 is 0.303 bits per heavy atom. The monoisotopic (exact) mass is 1250 g/mol. The molecule has 1 amide bonds. The SMILES string of the molecule is CCCCCCCCCCCCCCCCCCC/C=C/C(O)C(CO)NC(=O)CCCCCCCCCCCCCCCCCCC/C=C\CCCCCCCCCCCCCCCCOC(=O)CCCCCCCCCCCCCCCCCCCC. The number of ether oxygens (including phenoxy) is 1. The first kappa shape index (κ1) is 87.3. The maximum Gasteiger partial charge on any atom is 0.305 e. The lowest BCUT2D eigenvalue weighted by molar-refractivity contribution is -0.143. The highest BCUT2D eigenvalue weighted by molar-refractivity contribution is 5.76. The van der Waals surface area contributed by atoms with Crippen molar-refractivity contribution in [3.05, 3.63) is 24.3 Å². The topological polar surface area (TPSA) is 95.9 Å². The molecule has 0 spiro atoms. The van der Waals surface area contributed by atoms with Crippen LogP contribution in [0.3, 0.4) is 0 Å². The van der Waals surface area contributed by atoms with E-state index in [1.165, 1.54) is 405 Å². The van der Waals surface area contributed by atoms with Gasteiger partial charge in [0, 0.05) is 12.8 Å². The third-order valence-corrected chi connectivity index (χ3v) is 19.5. The van der Waals surface area contributed by atoms with Gasteiger partial charge in [0.2, 0.25) is 5.91 Å². The molecule has 0 heterocycles. The van der Waals surface area contributed by atoms with Crippen molar-refractivity contribution in [1.29, 1.82) is 0 Å². The fraction of sp³-hybridized carbons (Fsp3) is 0.928. The van der Waals surface area contributed by atoms with Gasteiger partial charge in [0.15, 0.2) is 0 Å². The molecular formula is C83H161NO5. The lowest BCUT2D eigenvalue weighted by atomic mass is 10.0. The van der Waals surface area contributed by atoms with E-state index in [2.05, 4.69) is 31.3 Å². The molecule has 0 aliphatic heterocycles. The number of carbonyl (C=O) groups is 2. The highest BCUT2D eigenvalue weighted by atomic mass is 16.5. The number of aliphatic hydroxyl groups excluding tert-OH is 2. The van der Waals surface area contributed by atoms with Crippen molar-refractivity contribution < 1.29 is 24.5 Å². The standard InChI is InChI=1S/C83H161NO5/c1-3-5-7-9-11-13-15-17-19-21-40-43-47-51-55-59-63-67-71-75-81(86)80(79-85)84-82(87)76-72-68-64-60-56-52-48-44-41-38-36-34-32-30-28-26-24-23-25-27-29-31-33-35-37-39-42-46-50-54-58-62-66-70-74-78-89-83(88)77-73-69-65-61-57-53-49-45-22-20-18-16-14-12-10-8-6-4-2/h25,27,71,75,80-81,85-86H,3-24,26,28-70,72-74,76-79H2,1-2H3,(H,84,87)/b27-25-,75-71+. The Hall–Kier alpha value is -1.66. The Labute approximate surface area is 558 Å². The number of rotatable bonds is 78. The van der Waals surface area contributed by atoms with Crippen LogP contribution in [-0.2, 0) is 14.3 Å². The number of nitrogens with one attached hydrogen (secondary N) is 1. The minimum absolute atomic E-state index is 0.0255. The van der Waals surface area contributed by atoms with Gasteiger partial charge in [-0.15, -0.1) is 0 Å². The summed E-state index contributed by atoms with van der Waals surface area (Å²) in [6, 6.07) is -0.626. The van der Waals surface area contributed by atoms with Gasteiger partial charge < -0.3 is 20.3 Å². The highest BCUT2D eigenvalue weighted by Crippen LogP contribution is 2.20. The largest absolute Gasteiger partial charge is 0.466 e. The van der Waals surface area contributed by atoms with Gasteiger partial charge in [-0.05, 0) is 57.8 Å². The van der Waals surface area contributed by atoms with Crippen LogP contribution in [0.15, 0.2) is 24.3 Å². The molecule has 0 saturated heterocycles. The molecule has 0 rings (SSSR count). The molecule has 0 saturated carbocycles. The average Bonchev–Trinajstić information content (AvgIpc) is 3.62. The van der Waals surface area contributed by atoms with E-state index in [1.54, 1.807) is 6.08 Å². The predicted molar refractivity (Wildman–Crippen MR) is 393 cm³/mol. The lowest BCUT2D eigenvalue weighted by Crippen LogP contribution is -2.45. The first-order valence-corrected chi connectivity index (χ1v) is 41.1. The highest BCUT2D eigenvalue weighted by Gasteiger charge is 2.18. The second-order valence-electron chi connectivity index (χ2n) is 28.5. The summed E-state index contributed by atoms with van der Waals surface area (Å²) < 4.78 is 5.52. The van der Waals surface area contributed by atoms with Gasteiger partial charge in [-0.3, -0.25) is 9.59 Å². The van der Waals surface area contributed by atoms with Crippen LogP contribution in [-0.4, -0.2) is 47.4 Å². The van der Waals surface area contributed by atoms with Crippen LogP contribution in [0, 0.1) is 0 Å². The molecule has 0 aromatic carbocycles. The van der Waals surface area contributed by atoms with Crippen LogP contribution in [0.4, 0.5) is 0 Å². The molecule has 0 aromatic rings. The van der Waals surface area contributed by atoms with E-state index in [4.69, 9.17) is 4.74 Å². The quantitative estimate of drug-likeness (QED) is 0.0320. The van der Waals surface area contributed by atoms with Gasteiger partial charge in [-0.2, -0.15) is 0 Å². The summed E-state index contributed by atoms with van der Waals surface area (Å²) in [7, 11) is 0. The number of aliphatic hydroxyl groups is 2. The first-order chi connectivity index (χ1) is 44.0. The van der Waals surface area contributed by atoms with E-state index < -0.39 is 12.1 Å². The van der Waals surface area contributed by atoms with Crippen molar-refractivity contribution in [2.75, 3.05) is 13.2 Å². The van der Waals surface area contributed by atoms with Crippen LogP contribution < -0.4 is 5.32 Å². The zero-order chi connectivity index (χ0) is 64.2. The third kappa shape index (κ3) is 75.3. The molecule has 6 nitrogen and oxygen atoms in total. The molecule has 3 N–H and O–H groups in total. The van der Waals surface area contributed by atoms with Crippen molar-refractivity contribution in [2.45, 2.75) is 482 Å². The predicted octanol–water partition coefficient (Wildman–Crippen LogP) is 27.2. The minimum atomic E-state index is -0.843. The van der Waals surface area contributed by atoms with Gasteiger partial charge in [-0.1, -0.05) is 423 Å². The summed E-state index contributed by atoms with van der Waals surface area (Å²) in [4.78, 5) is 24.7. The second kappa shape index (κ2) is 78.8. The van der Waals surface area contributed by atoms with Crippen LogP contribution in [0.25, 0.3) is 0 Å². The van der Waals surface area contributed by atoms with Gasteiger partial charge in [-0.25, -0.2) is 0 Å². The van der Waals surface area contributed by atoms with E-state index >= 15 is 0 Å². The molecule has 89 heavy (non-hydrogen) atoms. The van der Waals surface area contributed by atoms with Crippen LogP contribution >= 0.6 is 0 Å². The van der Waals surface area contributed by atoms with Gasteiger partial charge >= 0.3 is 5.97 Å². The van der Waals surface area contributed by atoms with E-state index in [9.17, 15) is 19.8 Å². The van der Waals surface area contributed by atoms with Crippen LogP contribution in [0.1, 0.15) is 470 Å². The molecule has 0 fully saturated rings. The van der Waals surface area contributed by atoms with Crippen molar-refractivity contribution in [3.63, 3.8) is 0 Å². The van der Waals surface area contributed by atoms with E-state index in [0.717, 1.165) is 38.5 Å². The summed E-state index contributed by atoms with van der Waals surface area (Å²) >= 11 is 0. The number of unbranched alkanes of at least 4 members (excludes halogenated alkanes) is 65. The van der Waals surface area contributed by atoms with Gasteiger partial charge in [0.1, 0.15) is 0 Å². The summed E-state index contributed by atoms with van der Waals surface area (Å²) in [5.41, 5.74) is 0. The number of esters is 1. The van der Waals surface area contributed by atoms with Crippen molar-refractivity contribution >= 4 is 11.9 Å². The zero-order valence-electron chi connectivity index (χ0n) is 60.7. The lowest BCUT2D eigenvalue weighted by Gasteiger charge is -2.20. The Morgan fingerprint density at radius 3 is 0.798 bits per heavy atom. The molecular weight excluding hydrogens is 1090 g/mol. The molecule has 2 atom stereocenters. The number of allylic oxidation sites excluding steroid dienone is 3. The third-order valence-electron chi connectivity index (χ3n) is 19.5. The van der Waals surface area contributed by atoms with E-state index in [1.807, 2.05) is 6.08 Å². The summed E-state index contributed by atoms with van der Waals surface area (Å²) in [6.07, 6.45) is 102. The Bertz CT molecular complexity index is 1400. The molecule has 0 bridgehead atoms. The van der Waals surface area contributed by atoms with Gasteiger partial charge in [0.25, 0.3) is 0 Å². The molecule has 0 aliphatic rings. The van der Waals surface area contributed by atoms with Crippen molar-refractivity contribution in [1.82, 2.24) is 5.32 Å². The number of carbonyl (C=O) groups excluding carboxylic acids is 2. The normalized spacial score (nSPS) is 12.5. The molecule has 0 aliphatic carbocycles. The maximum atomic E-state index is 12.5. The Morgan fingerprint density at radius 2 is 0.528 bits per heavy atom. The number of hydrogen-bond donors (Lipinski definition) is 3. The van der Waals surface area contributed by atoms with Crippen LogP contribution in [0.5, 0.6) is 0 Å². The molecule has 0 aromatic heterocycles. The summed E-state index contributed by atoms with van der Waals surface area (Å²) in [5, 5.41) is 23.3. The fourth-order valence-corrected chi connectivity index (χ4v) is 13.2. The van der Waals surface area contributed by atoms with Gasteiger partial charge in [0.05, 0.1) is 25.4 Å². The molecule has 6 heteroatoms. The number of amides is 1. The van der Waals surface area contributed by atoms with E-state index in [-0.39, 0.29) is 18.5 Å². The maximum absolute atomic E-state index is 12.5. The first-order valence-electron chi connectivity index (χ1n) is 41.1. The minimum Gasteiger partial charge on any atom is -0.466 e. The van der Waals surface area contributed by atoms with Crippen LogP contribution in [0.2, 0.25) is 0 Å². The average molecular weight is 1250 g/mol. The second-order valence-corrected chi connectivity index (χ2v) is 28.5. The molecule has 528 valence electrons.